The minimum atomic E-state index is -0.274. The van der Waals surface area contributed by atoms with Crippen LogP contribution in [-0.4, -0.2) is 28.7 Å². The molecule has 1 amide bonds. The fourth-order valence-corrected chi connectivity index (χ4v) is 2.99. The molecule has 24 heavy (non-hydrogen) atoms. The second-order valence-electron chi connectivity index (χ2n) is 6.05. The summed E-state index contributed by atoms with van der Waals surface area (Å²) in [5.74, 6) is 0.814. The van der Waals surface area contributed by atoms with Crippen LogP contribution in [0, 0.1) is 5.92 Å². The van der Waals surface area contributed by atoms with Gasteiger partial charge in [0.2, 0.25) is 0 Å². The fourth-order valence-electron chi connectivity index (χ4n) is 2.99. The average Bonchev–Trinajstić information content (AvgIpc) is 2.59. The van der Waals surface area contributed by atoms with Crippen molar-refractivity contribution in [3.63, 3.8) is 0 Å². The van der Waals surface area contributed by atoms with E-state index in [-0.39, 0.29) is 24.0 Å². The van der Waals surface area contributed by atoms with E-state index in [0.717, 1.165) is 11.4 Å². The molecule has 1 aromatic heterocycles. The van der Waals surface area contributed by atoms with Gasteiger partial charge in [0.05, 0.1) is 24.4 Å². The van der Waals surface area contributed by atoms with E-state index in [2.05, 4.69) is 10.3 Å². The van der Waals surface area contributed by atoms with Gasteiger partial charge in [-0.05, 0) is 62.1 Å². The Hall–Kier alpha value is -2.40. The lowest BCUT2D eigenvalue weighted by molar-refractivity contribution is 0.0228. The minimum absolute atomic E-state index is 0.143. The normalized spacial score (nSPS) is 20.8. The molecule has 0 saturated heterocycles. The summed E-state index contributed by atoms with van der Waals surface area (Å²) in [4.78, 5) is 17.0. The molecule has 1 atom stereocenters. The Labute approximate surface area is 141 Å². The third kappa shape index (κ3) is 3.74. The van der Waals surface area contributed by atoms with Crippen molar-refractivity contribution in [3.05, 3.63) is 59.9 Å². The first kappa shape index (κ1) is 16.5. The predicted molar refractivity (Wildman–Crippen MR) is 90.8 cm³/mol. The number of aliphatic hydroxyl groups is 1. The number of ether oxygens (including phenoxy) is 1. The monoisotopic (exact) mass is 326 g/mol. The van der Waals surface area contributed by atoms with Crippen LogP contribution in [0.5, 0.6) is 5.75 Å². The van der Waals surface area contributed by atoms with Gasteiger partial charge in [-0.3, -0.25) is 9.78 Å². The highest BCUT2D eigenvalue weighted by atomic mass is 16.5. The van der Waals surface area contributed by atoms with Gasteiger partial charge in [0, 0.05) is 11.8 Å². The molecular weight excluding hydrogens is 304 g/mol. The second kappa shape index (κ2) is 7.45. The number of carbonyl (C=O) groups excluding carboxylic acids is 1. The van der Waals surface area contributed by atoms with Crippen LogP contribution in [0.25, 0.3) is 0 Å². The number of benzene rings is 1. The van der Waals surface area contributed by atoms with Crippen molar-refractivity contribution in [2.75, 3.05) is 6.61 Å². The smallest absolute Gasteiger partial charge is 0.251 e. The van der Waals surface area contributed by atoms with Crippen LogP contribution in [0.3, 0.4) is 0 Å². The maximum absolute atomic E-state index is 12.6. The summed E-state index contributed by atoms with van der Waals surface area (Å²) >= 11 is 0. The van der Waals surface area contributed by atoms with Crippen molar-refractivity contribution in [1.82, 2.24) is 10.3 Å². The van der Waals surface area contributed by atoms with Crippen LogP contribution in [0.15, 0.2) is 48.7 Å². The Morgan fingerprint density at radius 3 is 2.62 bits per heavy atom. The van der Waals surface area contributed by atoms with Crippen molar-refractivity contribution in [2.24, 2.45) is 5.92 Å². The topological polar surface area (TPSA) is 71.5 Å². The lowest BCUT2D eigenvalue weighted by atomic mass is 9.76. The number of aromatic nitrogens is 1. The standard InChI is InChI=1S/C19H22N2O3/c1-2-24-16-8-6-13(7-9-16)19(23)21-18(14-11-15(22)12-14)17-5-3-4-10-20-17/h3-10,14-15,18,22H,2,11-12H2,1H3,(H,21,23)/t14?,15?,18-/m1/s1. The molecule has 0 bridgehead atoms. The zero-order valence-electron chi connectivity index (χ0n) is 13.7. The first-order chi connectivity index (χ1) is 11.7. The van der Waals surface area contributed by atoms with Crippen molar-refractivity contribution in [3.8, 4) is 5.75 Å². The number of nitrogens with one attached hydrogen (secondary N) is 1. The van der Waals surface area contributed by atoms with Gasteiger partial charge in [0.25, 0.3) is 5.91 Å². The quantitative estimate of drug-likeness (QED) is 0.856. The largest absolute Gasteiger partial charge is 0.494 e. The lowest BCUT2D eigenvalue weighted by Gasteiger charge is -2.37. The molecule has 1 aromatic carbocycles. The SMILES string of the molecule is CCOc1ccc(C(=O)N[C@@H](c2ccccn2)C2CC(O)C2)cc1. The Balaban J connectivity index is 1.73. The lowest BCUT2D eigenvalue weighted by Crippen LogP contribution is -2.41. The van der Waals surface area contributed by atoms with Gasteiger partial charge in [0.15, 0.2) is 0 Å². The Morgan fingerprint density at radius 2 is 2.04 bits per heavy atom. The number of pyridine rings is 1. The van der Waals surface area contributed by atoms with Crippen LogP contribution in [-0.2, 0) is 0 Å². The summed E-state index contributed by atoms with van der Waals surface area (Å²) in [6.07, 6.45) is 2.82. The zero-order chi connectivity index (χ0) is 16.9. The molecule has 5 heteroatoms. The molecule has 126 valence electrons. The van der Waals surface area contributed by atoms with E-state index in [1.165, 1.54) is 0 Å². The van der Waals surface area contributed by atoms with Gasteiger partial charge in [-0.2, -0.15) is 0 Å². The number of carbonyl (C=O) groups is 1. The summed E-state index contributed by atoms with van der Waals surface area (Å²) in [5.41, 5.74) is 1.41. The van der Waals surface area contributed by atoms with E-state index in [1.54, 1.807) is 30.5 Å². The summed E-state index contributed by atoms with van der Waals surface area (Å²) in [6.45, 7) is 2.52. The molecule has 1 heterocycles. The van der Waals surface area contributed by atoms with Crippen LogP contribution in [0.1, 0.15) is 41.9 Å². The third-order valence-electron chi connectivity index (χ3n) is 4.34. The fraction of sp³-hybridized carbons (Fsp3) is 0.368. The van der Waals surface area contributed by atoms with E-state index >= 15 is 0 Å². The van der Waals surface area contributed by atoms with Crippen molar-refractivity contribution >= 4 is 5.91 Å². The molecular formula is C19H22N2O3. The molecule has 5 nitrogen and oxygen atoms in total. The van der Waals surface area contributed by atoms with Gasteiger partial charge >= 0.3 is 0 Å². The van der Waals surface area contributed by atoms with E-state index in [4.69, 9.17) is 4.74 Å². The van der Waals surface area contributed by atoms with Crippen molar-refractivity contribution in [1.29, 1.82) is 0 Å². The van der Waals surface area contributed by atoms with E-state index in [0.29, 0.717) is 25.0 Å². The molecule has 2 aromatic rings. The molecule has 0 radical (unpaired) electrons. The molecule has 3 rings (SSSR count). The molecule has 1 fully saturated rings. The first-order valence-electron chi connectivity index (χ1n) is 8.30. The molecule has 2 N–H and O–H groups in total. The molecule has 1 aliphatic carbocycles. The second-order valence-corrected chi connectivity index (χ2v) is 6.05. The Bertz CT molecular complexity index is 667. The van der Waals surface area contributed by atoms with E-state index < -0.39 is 0 Å². The molecule has 0 unspecified atom stereocenters. The van der Waals surface area contributed by atoms with Crippen LogP contribution < -0.4 is 10.1 Å². The zero-order valence-corrected chi connectivity index (χ0v) is 13.7. The number of hydrogen-bond donors (Lipinski definition) is 2. The molecule has 0 spiro atoms. The third-order valence-corrected chi connectivity index (χ3v) is 4.34. The van der Waals surface area contributed by atoms with Crippen LogP contribution in [0.4, 0.5) is 0 Å². The predicted octanol–water partition coefficient (Wildman–Crippen LogP) is 2.72. The number of aliphatic hydroxyl groups excluding tert-OH is 1. The average molecular weight is 326 g/mol. The number of nitrogens with zero attached hydrogens (tertiary/aromatic N) is 1. The maximum atomic E-state index is 12.6. The van der Waals surface area contributed by atoms with Gasteiger partial charge in [-0.25, -0.2) is 0 Å². The van der Waals surface area contributed by atoms with E-state index in [9.17, 15) is 9.90 Å². The number of amides is 1. The van der Waals surface area contributed by atoms with Crippen molar-refractivity contribution < 1.29 is 14.6 Å². The van der Waals surface area contributed by atoms with Gasteiger partial charge in [-0.15, -0.1) is 0 Å². The Morgan fingerprint density at radius 1 is 1.29 bits per heavy atom. The highest BCUT2D eigenvalue weighted by Gasteiger charge is 2.36. The van der Waals surface area contributed by atoms with Crippen LogP contribution >= 0.6 is 0 Å². The number of rotatable bonds is 6. The summed E-state index contributed by atoms with van der Waals surface area (Å²) in [5, 5.41) is 12.7. The molecule has 1 saturated carbocycles. The summed E-state index contributed by atoms with van der Waals surface area (Å²) < 4.78 is 5.40. The van der Waals surface area contributed by atoms with Gasteiger partial charge < -0.3 is 15.2 Å². The summed E-state index contributed by atoms with van der Waals surface area (Å²) in [6, 6.07) is 12.6. The van der Waals surface area contributed by atoms with Crippen LogP contribution in [0.2, 0.25) is 0 Å². The van der Waals surface area contributed by atoms with E-state index in [1.807, 2.05) is 25.1 Å². The van der Waals surface area contributed by atoms with Gasteiger partial charge in [-0.1, -0.05) is 6.07 Å². The minimum Gasteiger partial charge on any atom is -0.494 e. The Kier molecular flexibility index (Phi) is 5.11. The highest BCUT2D eigenvalue weighted by molar-refractivity contribution is 5.94. The first-order valence-corrected chi connectivity index (χ1v) is 8.30. The maximum Gasteiger partial charge on any atom is 0.251 e. The van der Waals surface area contributed by atoms with Gasteiger partial charge in [0.1, 0.15) is 5.75 Å². The van der Waals surface area contributed by atoms with Crippen molar-refractivity contribution in [2.45, 2.75) is 31.9 Å². The molecule has 0 aliphatic heterocycles. The number of hydrogen-bond acceptors (Lipinski definition) is 4. The summed E-state index contributed by atoms with van der Waals surface area (Å²) in [7, 11) is 0. The molecule has 1 aliphatic rings. The highest BCUT2D eigenvalue weighted by Crippen LogP contribution is 2.37.